The summed E-state index contributed by atoms with van der Waals surface area (Å²) in [5.41, 5.74) is 0.340. The van der Waals surface area contributed by atoms with E-state index in [4.69, 9.17) is 19.7 Å². The number of nitrogens with zero attached hydrogens (tertiary/aromatic N) is 2. The molecule has 0 fully saturated rings. The van der Waals surface area contributed by atoms with Crippen molar-refractivity contribution >= 4 is 36.1 Å². The average Bonchev–Trinajstić information content (AvgIpc) is 3.02. The van der Waals surface area contributed by atoms with Crippen LogP contribution >= 0.6 is 0 Å². The first-order chi connectivity index (χ1) is 22.0. The van der Waals surface area contributed by atoms with Gasteiger partial charge in [0, 0.05) is 5.56 Å². The van der Waals surface area contributed by atoms with Crippen molar-refractivity contribution in [1.29, 1.82) is 0 Å². The molecule has 2 rings (SSSR count). The smallest absolute Gasteiger partial charge is 0.482 e. The van der Waals surface area contributed by atoms with Gasteiger partial charge < -0.3 is 30.7 Å². The van der Waals surface area contributed by atoms with Gasteiger partial charge in [0.05, 0.1) is 29.9 Å². The fraction of sp³-hybridized carbons (Fsp3) is 0.414. The van der Waals surface area contributed by atoms with Crippen LogP contribution in [0.1, 0.15) is 66.8 Å². The number of carboxylic acid groups (broad SMARTS) is 3. The molecule has 0 spiro atoms. The van der Waals surface area contributed by atoms with Gasteiger partial charge in [0.25, 0.3) is 5.91 Å². The first kappa shape index (κ1) is 39.8. The third kappa shape index (κ3) is 13.7. The van der Waals surface area contributed by atoms with Gasteiger partial charge in [-0.1, -0.05) is 39.2 Å². The number of hydrogen-bond acceptors (Lipinski definition) is 9. The molecular weight excluding hydrogens is 637 g/mol. The van der Waals surface area contributed by atoms with Crippen molar-refractivity contribution in [3.8, 4) is 17.0 Å². The molecule has 1 aromatic heterocycles. The fourth-order valence-corrected chi connectivity index (χ4v) is 4.10. The molecule has 0 saturated carbocycles. The van der Waals surface area contributed by atoms with Crippen LogP contribution in [-0.4, -0.2) is 92.2 Å². The number of carbonyl (C=O) groups excluding carboxylic acids is 3. The lowest BCUT2D eigenvalue weighted by Crippen LogP contribution is -2.47. The molecule has 0 bridgehead atoms. The molecule has 0 unspecified atom stereocenters. The summed E-state index contributed by atoms with van der Waals surface area (Å²) >= 11 is 0. The maximum atomic E-state index is 12.9. The van der Waals surface area contributed by atoms with Crippen LogP contribution in [0.4, 0.5) is 13.2 Å². The maximum Gasteiger partial charge on any atom is 0.490 e. The predicted octanol–water partition coefficient (Wildman–Crippen LogP) is 3.17. The van der Waals surface area contributed by atoms with Gasteiger partial charge in [-0.2, -0.15) is 13.2 Å². The minimum Gasteiger partial charge on any atom is -0.482 e. The standard InChI is InChI=1S/C27H34N4O9.C2HF3O2/c1-3-5-6-8-20(23(4-2)31(39)16-32)25(35)28-15-29-26(36)22-10-7-9-21(30-22)17-11-18(27(37)38)13-19(12-17)40-14-24(33)34;3-2(4,5)1(6)7/h7,9-13,16,20,23,39H,3-6,8,14-15H2,1-2H3,(H,28,35)(H,29,36)(H,33,34)(H,37,38);(H,6,7)/t20-,23-;/m1./s1. The second-order valence-corrected chi connectivity index (χ2v) is 9.73. The molecule has 0 aliphatic heterocycles. The number of amides is 3. The number of benzene rings is 1. The van der Waals surface area contributed by atoms with Crippen molar-refractivity contribution in [2.45, 2.75) is 58.2 Å². The molecule has 15 nitrogen and oxygen atoms in total. The summed E-state index contributed by atoms with van der Waals surface area (Å²) in [6.45, 7) is 2.86. The zero-order valence-electron chi connectivity index (χ0n) is 25.3. The number of aliphatic carboxylic acids is 2. The Labute approximate surface area is 266 Å². The summed E-state index contributed by atoms with van der Waals surface area (Å²) in [6, 6.07) is 7.69. The summed E-state index contributed by atoms with van der Waals surface area (Å²) in [4.78, 5) is 72.3. The zero-order chi connectivity index (χ0) is 35.7. The highest BCUT2D eigenvalue weighted by Crippen LogP contribution is 2.26. The number of carbonyl (C=O) groups is 6. The molecular formula is C29H35F3N4O11. The topological polar surface area (TPSA) is 233 Å². The summed E-state index contributed by atoms with van der Waals surface area (Å²) in [5.74, 6) is -6.97. The van der Waals surface area contributed by atoms with Crippen molar-refractivity contribution < 1.29 is 67.2 Å². The largest absolute Gasteiger partial charge is 0.490 e. The van der Waals surface area contributed by atoms with E-state index >= 15 is 0 Å². The quantitative estimate of drug-likeness (QED) is 0.0468. The predicted molar refractivity (Wildman–Crippen MR) is 155 cm³/mol. The van der Waals surface area contributed by atoms with E-state index in [1.54, 1.807) is 13.0 Å². The Morgan fingerprint density at radius 3 is 2.21 bits per heavy atom. The van der Waals surface area contributed by atoms with Crippen molar-refractivity contribution in [3.63, 3.8) is 0 Å². The van der Waals surface area contributed by atoms with Gasteiger partial charge in [0.1, 0.15) is 11.4 Å². The Bertz CT molecular complexity index is 1410. The minimum absolute atomic E-state index is 0.00608. The molecule has 47 heavy (non-hydrogen) atoms. The van der Waals surface area contributed by atoms with E-state index in [2.05, 4.69) is 15.6 Å². The van der Waals surface area contributed by atoms with E-state index in [0.717, 1.165) is 19.3 Å². The van der Waals surface area contributed by atoms with Crippen LogP contribution in [0.25, 0.3) is 11.3 Å². The van der Waals surface area contributed by atoms with Gasteiger partial charge in [-0.05, 0) is 43.2 Å². The number of rotatable bonds is 17. The number of aromatic nitrogens is 1. The van der Waals surface area contributed by atoms with Crippen LogP contribution in [0.3, 0.4) is 0 Å². The maximum absolute atomic E-state index is 12.9. The van der Waals surface area contributed by atoms with Crippen molar-refractivity contribution in [2.24, 2.45) is 5.92 Å². The molecule has 2 atom stereocenters. The van der Waals surface area contributed by atoms with Crippen molar-refractivity contribution in [3.05, 3.63) is 47.7 Å². The second-order valence-electron chi connectivity index (χ2n) is 9.73. The molecule has 0 radical (unpaired) electrons. The summed E-state index contributed by atoms with van der Waals surface area (Å²) in [7, 11) is 0. The molecule has 6 N–H and O–H groups in total. The van der Waals surface area contributed by atoms with Crippen LogP contribution in [-0.2, 0) is 19.2 Å². The number of unbranched alkanes of at least 4 members (excludes halogenated alkanes) is 2. The second kappa shape index (κ2) is 19.3. The highest BCUT2D eigenvalue weighted by Gasteiger charge is 2.38. The molecule has 18 heteroatoms. The Hall–Kier alpha value is -5.26. The number of aromatic carboxylic acids is 1. The molecule has 258 valence electrons. The normalized spacial score (nSPS) is 12.0. The van der Waals surface area contributed by atoms with E-state index < -0.39 is 54.5 Å². The summed E-state index contributed by atoms with van der Waals surface area (Å²) in [5, 5.41) is 41.0. The molecule has 1 heterocycles. The van der Waals surface area contributed by atoms with Crippen LogP contribution in [0.15, 0.2) is 36.4 Å². The van der Waals surface area contributed by atoms with Crippen LogP contribution < -0.4 is 15.4 Å². The van der Waals surface area contributed by atoms with E-state index in [1.165, 1.54) is 30.3 Å². The molecule has 0 aliphatic carbocycles. The number of nitrogens with one attached hydrogen (secondary N) is 2. The average molecular weight is 673 g/mol. The monoisotopic (exact) mass is 672 g/mol. The van der Waals surface area contributed by atoms with E-state index in [9.17, 15) is 47.5 Å². The van der Waals surface area contributed by atoms with Gasteiger partial charge in [-0.25, -0.2) is 24.4 Å². The van der Waals surface area contributed by atoms with E-state index in [1.807, 2.05) is 6.92 Å². The zero-order valence-corrected chi connectivity index (χ0v) is 25.3. The van der Waals surface area contributed by atoms with E-state index in [-0.39, 0.29) is 41.3 Å². The number of hydroxylamine groups is 2. The summed E-state index contributed by atoms with van der Waals surface area (Å²) < 4.78 is 36.9. The number of carboxylic acids is 3. The first-order valence-electron chi connectivity index (χ1n) is 14.0. The lowest BCUT2D eigenvalue weighted by Gasteiger charge is -2.29. The fourth-order valence-electron chi connectivity index (χ4n) is 4.10. The van der Waals surface area contributed by atoms with Gasteiger partial charge in [0.15, 0.2) is 6.61 Å². The first-order valence-corrected chi connectivity index (χ1v) is 14.0. The van der Waals surface area contributed by atoms with Crippen LogP contribution in [0, 0.1) is 5.92 Å². The molecule has 0 saturated heterocycles. The highest BCUT2D eigenvalue weighted by atomic mass is 19.4. The Kier molecular flexibility index (Phi) is 16.3. The van der Waals surface area contributed by atoms with Crippen molar-refractivity contribution in [2.75, 3.05) is 13.3 Å². The van der Waals surface area contributed by atoms with Crippen molar-refractivity contribution in [1.82, 2.24) is 20.7 Å². The number of halogens is 3. The SMILES string of the molecule is CCCCC[C@@H](C(=O)NCNC(=O)c1cccc(-c2cc(OCC(=O)O)cc(C(=O)O)c2)n1)[C@@H](CC)N(O)C=O.O=C(O)C(F)(F)F. The van der Waals surface area contributed by atoms with Gasteiger partial charge in [0.2, 0.25) is 12.3 Å². The molecule has 2 aromatic rings. The minimum atomic E-state index is -5.08. The number of pyridine rings is 1. The van der Waals surface area contributed by atoms with Crippen LogP contribution in [0.5, 0.6) is 5.75 Å². The molecule has 0 aliphatic rings. The number of hydrogen-bond donors (Lipinski definition) is 6. The lowest BCUT2D eigenvalue weighted by molar-refractivity contribution is -0.192. The Morgan fingerprint density at radius 1 is 1.02 bits per heavy atom. The Morgan fingerprint density at radius 2 is 1.68 bits per heavy atom. The van der Waals surface area contributed by atoms with Crippen LogP contribution in [0.2, 0.25) is 0 Å². The number of alkyl halides is 3. The van der Waals surface area contributed by atoms with Gasteiger partial charge in [-0.15, -0.1) is 0 Å². The van der Waals surface area contributed by atoms with Gasteiger partial charge >= 0.3 is 24.1 Å². The van der Waals surface area contributed by atoms with E-state index in [0.29, 0.717) is 17.9 Å². The lowest BCUT2D eigenvalue weighted by atomic mass is 9.90. The summed E-state index contributed by atoms with van der Waals surface area (Å²) in [6.07, 6.45) is -1.47. The third-order valence-electron chi connectivity index (χ3n) is 6.33. The molecule has 1 aromatic carbocycles. The van der Waals surface area contributed by atoms with Gasteiger partial charge in [-0.3, -0.25) is 19.6 Å². The Balaban J connectivity index is 0.00000141. The number of ether oxygens (including phenoxy) is 1. The molecule has 3 amide bonds. The third-order valence-corrected chi connectivity index (χ3v) is 6.33. The highest BCUT2D eigenvalue weighted by molar-refractivity contribution is 5.93.